The molecule has 3 heterocycles. The van der Waals surface area contributed by atoms with Gasteiger partial charge < -0.3 is 4.90 Å². The molecule has 0 saturated carbocycles. The fourth-order valence-electron chi connectivity index (χ4n) is 3.28. The summed E-state index contributed by atoms with van der Waals surface area (Å²) in [5, 5.41) is 0. The van der Waals surface area contributed by atoms with Crippen LogP contribution in [-0.4, -0.2) is 36.0 Å². The highest BCUT2D eigenvalue weighted by Gasteiger charge is 2.28. The highest BCUT2D eigenvalue weighted by atomic mass is 32.1. The zero-order valence-electron chi connectivity index (χ0n) is 14.6. The summed E-state index contributed by atoms with van der Waals surface area (Å²) in [6, 6.07) is 9.78. The number of thiophene rings is 1. The van der Waals surface area contributed by atoms with E-state index in [1.54, 1.807) is 16.2 Å². The molecule has 1 aromatic carbocycles. The van der Waals surface area contributed by atoms with Gasteiger partial charge in [0.15, 0.2) is 11.6 Å². The number of benzene rings is 1. The fraction of sp³-hybridized carbons (Fsp3) is 0.316. The monoisotopic (exact) mass is 352 g/mol. The van der Waals surface area contributed by atoms with Crippen LogP contribution in [0.4, 0.5) is 11.6 Å². The van der Waals surface area contributed by atoms with Crippen LogP contribution < -0.4 is 9.80 Å². The summed E-state index contributed by atoms with van der Waals surface area (Å²) in [5.74, 6) is 1.45. The number of carbonyl (C=O) groups is 1. The van der Waals surface area contributed by atoms with E-state index in [1.807, 2.05) is 51.2 Å². The first-order valence-corrected chi connectivity index (χ1v) is 9.23. The Hall–Kier alpha value is -2.47. The molecule has 1 aliphatic rings. The van der Waals surface area contributed by atoms with Gasteiger partial charge >= 0.3 is 0 Å². The Labute approximate surface area is 150 Å². The van der Waals surface area contributed by atoms with Crippen molar-refractivity contribution >= 4 is 39.9 Å². The summed E-state index contributed by atoms with van der Waals surface area (Å²) in [6.45, 7) is 5.54. The average molecular weight is 352 g/mol. The van der Waals surface area contributed by atoms with Crippen molar-refractivity contribution in [1.29, 1.82) is 0 Å². The predicted octanol–water partition coefficient (Wildman–Crippen LogP) is 3.79. The number of hydrogen-bond donors (Lipinski definition) is 0. The molecular weight excluding hydrogens is 332 g/mol. The second kappa shape index (κ2) is 6.11. The van der Waals surface area contributed by atoms with E-state index in [9.17, 15) is 4.79 Å². The van der Waals surface area contributed by atoms with Crippen LogP contribution in [0, 0.1) is 13.8 Å². The van der Waals surface area contributed by atoms with E-state index < -0.39 is 0 Å². The van der Waals surface area contributed by atoms with Gasteiger partial charge in [-0.1, -0.05) is 12.1 Å². The Balaban J connectivity index is 1.87. The standard InChI is InChI=1S/C19H20N4OS/c1-12-11-14(13(2)25-12)19(24)23-10-6-9-22(3)17-18(23)21-16-8-5-4-7-15(16)20-17/h4-5,7-8,11H,6,9-10H2,1-3H3. The van der Waals surface area contributed by atoms with Gasteiger partial charge in [0.1, 0.15) is 0 Å². The Kier molecular flexibility index (Phi) is 3.92. The lowest BCUT2D eigenvalue weighted by Crippen LogP contribution is -2.32. The zero-order chi connectivity index (χ0) is 17.6. The number of hydrogen-bond acceptors (Lipinski definition) is 5. The first kappa shape index (κ1) is 16.0. The number of anilines is 2. The zero-order valence-corrected chi connectivity index (χ0v) is 15.4. The molecule has 3 aromatic rings. The number of carbonyl (C=O) groups excluding carboxylic acids is 1. The lowest BCUT2D eigenvalue weighted by Gasteiger charge is -2.22. The average Bonchev–Trinajstić information content (AvgIpc) is 2.86. The summed E-state index contributed by atoms with van der Waals surface area (Å²) in [6.07, 6.45) is 0.888. The molecule has 0 unspecified atom stereocenters. The maximum absolute atomic E-state index is 13.2. The molecular formula is C19H20N4OS. The van der Waals surface area contributed by atoms with Crippen molar-refractivity contribution in [2.45, 2.75) is 20.3 Å². The summed E-state index contributed by atoms with van der Waals surface area (Å²) in [7, 11) is 2.01. The smallest absolute Gasteiger partial charge is 0.260 e. The highest BCUT2D eigenvalue weighted by molar-refractivity contribution is 7.12. The molecule has 0 atom stereocenters. The van der Waals surface area contributed by atoms with Crippen LogP contribution >= 0.6 is 11.3 Å². The Morgan fingerprint density at radius 3 is 2.40 bits per heavy atom. The maximum atomic E-state index is 13.2. The number of fused-ring (bicyclic) bond motifs is 2. The van der Waals surface area contributed by atoms with Crippen molar-refractivity contribution in [3.63, 3.8) is 0 Å². The minimum atomic E-state index is 0.0166. The lowest BCUT2D eigenvalue weighted by atomic mass is 10.2. The quantitative estimate of drug-likeness (QED) is 0.668. The molecule has 0 spiro atoms. The van der Waals surface area contributed by atoms with Gasteiger partial charge in [0.05, 0.1) is 16.6 Å². The first-order valence-electron chi connectivity index (χ1n) is 8.41. The van der Waals surface area contributed by atoms with Crippen LogP contribution in [0.3, 0.4) is 0 Å². The molecule has 1 amide bonds. The molecule has 0 N–H and O–H groups in total. The van der Waals surface area contributed by atoms with Gasteiger partial charge in [-0.2, -0.15) is 0 Å². The van der Waals surface area contributed by atoms with E-state index in [2.05, 4.69) is 4.90 Å². The molecule has 128 valence electrons. The molecule has 0 aliphatic carbocycles. The van der Waals surface area contributed by atoms with Crippen LogP contribution in [0.15, 0.2) is 30.3 Å². The largest absolute Gasteiger partial charge is 0.357 e. The maximum Gasteiger partial charge on any atom is 0.260 e. The molecule has 6 heteroatoms. The number of para-hydroxylation sites is 2. The van der Waals surface area contributed by atoms with Crippen molar-refractivity contribution in [3.05, 3.63) is 45.6 Å². The molecule has 0 saturated heterocycles. The van der Waals surface area contributed by atoms with E-state index in [0.29, 0.717) is 12.4 Å². The van der Waals surface area contributed by atoms with Gasteiger partial charge in [-0.05, 0) is 38.5 Å². The second-order valence-electron chi connectivity index (χ2n) is 6.42. The fourth-order valence-corrected chi connectivity index (χ4v) is 4.20. The lowest BCUT2D eigenvalue weighted by molar-refractivity contribution is 0.0986. The van der Waals surface area contributed by atoms with Gasteiger partial charge in [0, 0.05) is 29.9 Å². The molecule has 4 rings (SSSR count). The van der Waals surface area contributed by atoms with E-state index >= 15 is 0 Å². The van der Waals surface area contributed by atoms with E-state index in [0.717, 1.165) is 45.1 Å². The number of amides is 1. The van der Waals surface area contributed by atoms with Gasteiger partial charge in [-0.25, -0.2) is 9.97 Å². The highest BCUT2D eigenvalue weighted by Crippen LogP contribution is 2.32. The van der Waals surface area contributed by atoms with E-state index in [4.69, 9.17) is 9.97 Å². The van der Waals surface area contributed by atoms with Crippen molar-refractivity contribution < 1.29 is 4.79 Å². The minimum absolute atomic E-state index is 0.0166. The molecule has 5 nitrogen and oxygen atoms in total. The summed E-state index contributed by atoms with van der Waals surface area (Å²) >= 11 is 1.66. The van der Waals surface area contributed by atoms with Crippen molar-refractivity contribution in [3.8, 4) is 0 Å². The van der Waals surface area contributed by atoms with Crippen LogP contribution in [0.25, 0.3) is 11.0 Å². The summed E-state index contributed by atoms with van der Waals surface area (Å²) < 4.78 is 0. The minimum Gasteiger partial charge on any atom is -0.357 e. The molecule has 0 radical (unpaired) electrons. The normalized spacial score (nSPS) is 14.5. The predicted molar refractivity (Wildman–Crippen MR) is 103 cm³/mol. The van der Waals surface area contributed by atoms with E-state index in [-0.39, 0.29) is 5.91 Å². The van der Waals surface area contributed by atoms with Crippen molar-refractivity contribution in [1.82, 2.24) is 9.97 Å². The van der Waals surface area contributed by atoms with Gasteiger partial charge in [-0.15, -0.1) is 11.3 Å². The topological polar surface area (TPSA) is 49.3 Å². The number of rotatable bonds is 1. The Morgan fingerprint density at radius 1 is 1.08 bits per heavy atom. The van der Waals surface area contributed by atoms with Gasteiger partial charge in [-0.3, -0.25) is 9.69 Å². The van der Waals surface area contributed by atoms with Crippen LogP contribution in [-0.2, 0) is 0 Å². The third kappa shape index (κ3) is 2.76. The molecule has 1 aliphatic heterocycles. The van der Waals surface area contributed by atoms with Crippen molar-refractivity contribution in [2.75, 3.05) is 29.9 Å². The van der Waals surface area contributed by atoms with Crippen LogP contribution in [0.2, 0.25) is 0 Å². The number of aromatic nitrogens is 2. The molecule has 0 fully saturated rings. The molecule has 0 bridgehead atoms. The van der Waals surface area contributed by atoms with Crippen molar-refractivity contribution in [2.24, 2.45) is 0 Å². The SMILES string of the molecule is Cc1cc(C(=O)N2CCCN(C)c3nc4ccccc4nc32)c(C)s1. The van der Waals surface area contributed by atoms with Crippen LogP contribution in [0.1, 0.15) is 26.5 Å². The third-order valence-corrected chi connectivity index (χ3v) is 5.51. The summed E-state index contributed by atoms with van der Waals surface area (Å²) in [5.41, 5.74) is 2.44. The molecule has 2 aromatic heterocycles. The second-order valence-corrected chi connectivity index (χ2v) is 7.88. The van der Waals surface area contributed by atoms with Crippen LogP contribution in [0.5, 0.6) is 0 Å². The number of nitrogens with zero attached hydrogens (tertiary/aromatic N) is 4. The summed E-state index contributed by atoms with van der Waals surface area (Å²) in [4.78, 5) is 28.9. The molecule has 25 heavy (non-hydrogen) atoms. The van der Waals surface area contributed by atoms with Gasteiger partial charge in [0.2, 0.25) is 0 Å². The van der Waals surface area contributed by atoms with Gasteiger partial charge in [0.25, 0.3) is 5.91 Å². The Morgan fingerprint density at radius 2 is 1.76 bits per heavy atom. The Bertz CT molecular complexity index is 965. The first-order chi connectivity index (χ1) is 12.0. The van der Waals surface area contributed by atoms with E-state index in [1.165, 1.54) is 0 Å². The third-order valence-electron chi connectivity index (χ3n) is 4.54. The number of aryl methyl sites for hydroxylation is 2.